The minimum Gasteiger partial charge on any atom is -0.468 e. The smallest absolute Gasteiger partial charge is 0.416 e. The monoisotopic (exact) mass is 364 g/mol. The Labute approximate surface area is 146 Å². The summed E-state index contributed by atoms with van der Waals surface area (Å²) in [5.74, 6) is 0. The first-order valence-electron chi connectivity index (χ1n) is 7.58. The Morgan fingerprint density at radius 2 is 1.77 bits per heavy atom. The van der Waals surface area contributed by atoms with E-state index >= 15 is 0 Å². The molecule has 0 radical (unpaired) electrons. The summed E-state index contributed by atoms with van der Waals surface area (Å²) in [6, 6.07) is 11.4. The average molecular weight is 364 g/mol. The second-order valence-electron chi connectivity index (χ2n) is 5.02. The molecule has 0 fully saturated rings. The molecule has 5 nitrogen and oxygen atoms in total. The van der Waals surface area contributed by atoms with Gasteiger partial charge in [-0.05, 0) is 43.3 Å². The summed E-state index contributed by atoms with van der Waals surface area (Å²) in [4.78, 5) is 25.2. The molecule has 0 aliphatic rings. The number of nitrogens with zero attached hydrogens (tertiary/aromatic N) is 2. The van der Waals surface area contributed by atoms with E-state index in [-0.39, 0.29) is 0 Å². The number of hydrogen-bond acceptors (Lipinski definition) is 4. The molecule has 0 bridgehead atoms. The first-order valence-corrected chi connectivity index (χ1v) is 7.58. The van der Waals surface area contributed by atoms with Crippen LogP contribution >= 0.6 is 0 Å². The molecule has 1 aromatic heterocycles. The molecule has 8 heteroatoms. The molecular weight excluding hydrogens is 349 g/mol. The third-order valence-corrected chi connectivity index (χ3v) is 3.34. The van der Waals surface area contributed by atoms with Crippen molar-refractivity contribution in [3.63, 3.8) is 0 Å². The summed E-state index contributed by atoms with van der Waals surface area (Å²) >= 11 is 0. The van der Waals surface area contributed by atoms with Crippen LogP contribution in [0.5, 0.6) is 0 Å². The van der Waals surface area contributed by atoms with E-state index in [0.717, 1.165) is 18.3 Å². The van der Waals surface area contributed by atoms with E-state index < -0.39 is 17.3 Å². The molecule has 0 aliphatic carbocycles. The predicted molar refractivity (Wildman–Crippen MR) is 90.0 cm³/mol. The Bertz CT molecular complexity index is 935. The van der Waals surface area contributed by atoms with Gasteiger partial charge >= 0.3 is 6.18 Å². The van der Waals surface area contributed by atoms with Crippen LogP contribution in [0.2, 0.25) is 0 Å². The predicted octanol–water partition coefficient (Wildman–Crippen LogP) is 3.58. The lowest BCUT2D eigenvalue weighted by Gasteiger charge is -2.11. The van der Waals surface area contributed by atoms with Gasteiger partial charge in [-0.25, -0.2) is 4.98 Å². The van der Waals surface area contributed by atoms with E-state index in [4.69, 9.17) is 0 Å². The zero-order chi connectivity index (χ0) is 19.2. The van der Waals surface area contributed by atoms with Crippen molar-refractivity contribution in [3.05, 3.63) is 70.6 Å². The van der Waals surface area contributed by atoms with Gasteiger partial charge in [0.2, 0.25) is 0 Å². The lowest BCUT2D eigenvalue weighted by atomic mass is 10.2. The Kier molecular flexibility index (Phi) is 6.11. The molecule has 3 rings (SSSR count). The van der Waals surface area contributed by atoms with Crippen LogP contribution in [0.1, 0.15) is 12.5 Å². The van der Waals surface area contributed by atoms with Gasteiger partial charge in [-0.1, -0.05) is 12.1 Å². The molecule has 136 valence electrons. The van der Waals surface area contributed by atoms with Crippen molar-refractivity contribution in [2.24, 2.45) is 0 Å². The van der Waals surface area contributed by atoms with Crippen molar-refractivity contribution >= 4 is 17.5 Å². The van der Waals surface area contributed by atoms with Gasteiger partial charge in [0.1, 0.15) is 0 Å². The lowest BCUT2D eigenvalue weighted by Crippen LogP contribution is -2.18. The van der Waals surface area contributed by atoms with Crippen LogP contribution in [-0.2, 0) is 15.7 Å². The second kappa shape index (κ2) is 8.28. The molecule has 3 aromatic rings. The summed E-state index contributed by atoms with van der Waals surface area (Å²) in [6.07, 6.45) is -3.25. The van der Waals surface area contributed by atoms with Crippen LogP contribution in [0.3, 0.4) is 0 Å². The summed E-state index contributed by atoms with van der Waals surface area (Å²) in [5.41, 5.74) is 0.361. The van der Waals surface area contributed by atoms with Crippen LogP contribution in [0.15, 0.2) is 59.5 Å². The second-order valence-corrected chi connectivity index (χ2v) is 5.02. The van der Waals surface area contributed by atoms with Gasteiger partial charge in [-0.2, -0.15) is 13.2 Å². The van der Waals surface area contributed by atoms with Crippen LogP contribution in [0, 0.1) is 0 Å². The number of ether oxygens (including phenoxy) is 1. The number of alkyl halides is 3. The number of carbonyl (C=O) groups excluding carboxylic acids is 1. The molecule has 2 aromatic carbocycles. The molecule has 26 heavy (non-hydrogen) atoms. The summed E-state index contributed by atoms with van der Waals surface area (Å²) in [6.45, 7) is 2.66. The Balaban J connectivity index is 0.000000431. The number of hydrogen-bond donors (Lipinski definition) is 0. The van der Waals surface area contributed by atoms with Crippen LogP contribution < -0.4 is 5.56 Å². The Hall–Kier alpha value is -3.16. The highest BCUT2D eigenvalue weighted by molar-refractivity contribution is 5.76. The van der Waals surface area contributed by atoms with E-state index in [2.05, 4.69) is 9.72 Å². The topological polar surface area (TPSA) is 61.2 Å². The van der Waals surface area contributed by atoms with E-state index in [1.807, 2.05) is 0 Å². The molecular formula is C18H15F3N2O3. The first kappa shape index (κ1) is 19.2. The number of fused-ring (bicyclic) bond motifs is 1. The number of carbonyl (C=O) groups is 1. The summed E-state index contributed by atoms with van der Waals surface area (Å²) < 4.78 is 43.2. The van der Waals surface area contributed by atoms with Crippen LogP contribution in [-0.4, -0.2) is 22.6 Å². The van der Waals surface area contributed by atoms with Gasteiger partial charge in [0.05, 0.1) is 29.4 Å². The highest BCUT2D eigenvalue weighted by Gasteiger charge is 2.30. The zero-order valence-electron chi connectivity index (χ0n) is 13.7. The number of halogens is 3. The number of rotatable bonds is 3. The van der Waals surface area contributed by atoms with E-state index in [1.54, 1.807) is 31.2 Å². The molecule has 0 unspecified atom stereocenters. The first-order chi connectivity index (χ1) is 12.4. The van der Waals surface area contributed by atoms with Crippen molar-refractivity contribution in [2.75, 3.05) is 6.61 Å². The zero-order valence-corrected chi connectivity index (χ0v) is 13.7. The van der Waals surface area contributed by atoms with Crippen molar-refractivity contribution in [1.29, 1.82) is 0 Å². The van der Waals surface area contributed by atoms with Gasteiger partial charge in [-0.3, -0.25) is 14.2 Å². The fourth-order valence-electron chi connectivity index (χ4n) is 2.20. The SMILES string of the molecule is CCOC=O.O=c1cnc2ccccc2n1-c1ccc(C(F)(F)F)cc1. The normalized spacial score (nSPS) is 10.8. The molecule has 0 atom stereocenters. The highest BCUT2D eigenvalue weighted by Crippen LogP contribution is 2.29. The van der Waals surface area contributed by atoms with E-state index in [0.29, 0.717) is 29.8 Å². The third kappa shape index (κ3) is 4.47. The van der Waals surface area contributed by atoms with E-state index in [9.17, 15) is 22.8 Å². The third-order valence-electron chi connectivity index (χ3n) is 3.34. The van der Waals surface area contributed by atoms with E-state index in [1.165, 1.54) is 16.7 Å². The largest absolute Gasteiger partial charge is 0.468 e. The van der Waals surface area contributed by atoms with Gasteiger partial charge in [0.25, 0.3) is 12.0 Å². The fraction of sp³-hybridized carbons (Fsp3) is 0.167. The van der Waals surface area contributed by atoms with Crippen molar-refractivity contribution in [1.82, 2.24) is 9.55 Å². The van der Waals surface area contributed by atoms with Crippen molar-refractivity contribution in [2.45, 2.75) is 13.1 Å². The Morgan fingerprint density at radius 3 is 2.31 bits per heavy atom. The molecule has 1 heterocycles. The maximum atomic E-state index is 12.6. The summed E-state index contributed by atoms with van der Waals surface area (Å²) in [7, 11) is 0. The molecule has 0 amide bonds. The minimum atomic E-state index is -4.40. The molecule has 0 spiro atoms. The number of benzene rings is 2. The maximum absolute atomic E-state index is 12.6. The maximum Gasteiger partial charge on any atom is 0.416 e. The molecule has 0 aliphatic heterocycles. The van der Waals surface area contributed by atoms with Crippen molar-refractivity contribution < 1.29 is 22.7 Å². The van der Waals surface area contributed by atoms with Gasteiger partial charge < -0.3 is 4.74 Å². The lowest BCUT2D eigenvalue weighted by molar-refractivity contribution is -0.137. The number of aromatic nitrogens is 2. The summed E-state index contributed by atoms with van der Waals surface area (Å²) in [5, 5.41) is 0. The molecule has 0 saturated heterocycles. The van der Waals surface area contributed by atoms with Gasteiger partial charge in [0, 0.05) is 5.69 Å². The minimum absolute atomic E-state index is 0.367. The Morgan fingerprint density at radius 1 is 1.12 bits per heavy atom. The number of para-hydroxylation sites is 2. The molecule has 0 N–H and O–H groups in total. The van der Waals surface area contributed by atoms with Gasteiger partial charge in [0.15, 0.2) is 0 Å². The quantitative estimate of drug-likeness (QED) is 0.667. The van der Waals surface area contributed by atoms with Gasteiger partial charge in [-0.15, -0.1) is 0 Å². The van der Waals surface area contributed by atoms with Crippen LogP contribution in [0.25, 0.3) is 16.7 Å². The highest BCUT2D eigenvalue weighted by atomic mass is 19.4. The molecule has 0 saturated carbocycles. The fourth-order valence-corrected chi connectivity index (χ4v) is 2.20. The standard InChI is InChI=1S/C15H9F3N2O.C3H6O2/c16-15(17,18)10-5-7-11(8-6-10)20-13-4-2-1-3-12(13)19-9-14(20)21;1-2-5-3-4/h1-9H;3H,2H2,1H3. The van der Waals surface area contributed by atoms with Crippen molar-refractivity contribution in [3.8, 4) is 5.69 Å². The van der Waals surface area contributed by atoms with Crippen LogP contribution in [0.4, 0.5) is 13.2 Å². The average Bonchev–Trinajstić information content (AvgIpc) is 2.62.